The molecule has 1 aromatic rings. The van der Waals surface area contributed by atoms with E-state index in [0.717, 1.165) is 12.8 Å². The minimum Gasteiger partial charge on any atom is -0.383 e. The first-order chi connectivity index (χ1) is 7.70. The largest absolute Gasteiger partial charge is 0.383 e. The third kappa shape index (κ3) is 2.40. The van der Waals surface area contributed by atoms with Crippen LogP contribution in [0.1, 0.15) is 43.6 Å². The maximum atomic E-state index is 5.79. The molecule has 16 heavy (non-hydrogen) atoms. The van der Waals surface area contributed by atoms with Gasteiger partial charge in [-0.15, -0.1) is 0 Å². The van der Waals surface area contributed by atoms with Crippen molar-refractivity contribution in [1.82, 2.24) is 10.1 Å². The van der Waals surface area contributed by atoms with Gasteiger partial charge < -0.3 is 19.7 Å². The molecule has 2 heterocycles. The molecule has 0 aromatic carbocycles. The van der Waals surface area contributed by atoms with Crippen molar-refractivity contribution < 1.29 is 14.0 Å². The van der Waals surface area contributed by atoms with Crippen LogP contribution >= 0.6 is 0 Å². The maximum absolute atomic E-state index is 5.79. The van der Waals surface area contributed by atoms with E-state index in [1.54, 1.807) is 7.11 Å². The van der Waals surface area contributed by atoms with E-state index in [1.807, 2.05) is 6.92 Å². The van der Waals surface area contributed by atoms with Crippen LogP contribution in [0.15, 0.2) is 4.52 Å². The second kappa shape index (κ2) is 4.90. The first-order valence-electron chi connectivity index (χ1n) is 5.44. The zero-order chi connectivity index (χ0) is 11.5. The average molecular weight is 227 g/mol. The molecule has 3 unspecified atom stereocenters. The Labute approximate surface area is 94.1 Å². The van der Waals surface area contributed by atoms with Crippen LogP contribution in [0.4, 0.5) is 0 Å². The summed E-state index contributed by atoms with van der Waals surface area (Å²) in [5.41, 5.74) is 5.79. The highest BCUT2D eigenvalue weighted by Gasteiger charge is 2.28. The van der Waals surface area contributed by atoms with Gasteiger partial charge in [-0.05, 0) is 19.8 Å². The van der Waals surface area contributed by atoms with E-state index in [1.165, 1.54) is 0 Å². The van der Waals surface area contributed by atoms with Crippen molar-refractivity contribution in [2.45, 2.75) is 38.0 Å². The molecular formula is C10H17N3O3. The Morgan fingerprint density at radius 3 is 3.00 bits per heavy atom. The van der Waals surface area contributed by atoms with E-state index >= 15 is 0 Å². The van der Waals surface area contributed by atoms with E-state index in [2.05, 4.69) is 10.1 Å². The fourth-order valence-corrected chi connectivity index (χ4v) is 1.77. The first-order valence-corrected chi connectivity index (χ1v) is 5.44. The van der Waals surface area contributed by atoms with Crippen LogP contribution in [-0.4, -0.2) is 30.0 Å². The average Bonchev–Trinajstić information content (AvgIpc) is 2.85. The minimum atomic E-state index is -0.346. The lowest BCUT2D eigenvalue weighted by molar-refractivity contribution is 0.0355. The first kappa shape index (κ1) is 11.5. The molecule has 0 saturated carbocycles. The summed E-state index contributed by atoms with van der Waals surface area (Å²) in [6, 6.07) is -0.346. The SMILES string of the molecule is COCC(N)c1noc(C2CCC(C)O2)n1. The molecule has 0 spiro atoms. The lowest BCUT2D eigenvalue weighted by Crippen LogP contribution is -2.17. The van der Waals surface area contributed by atoms with E-state index in [4.69, 9.17) is 19.7 Å². The molecule has 2 N–H and O–H groups in total. The van der Waals surface area contributed by atoms with Crippen molar-refractivity contribution in [2.75, 3.05) is 13.7 Å². The van der Waals surface area contributed by atoms with Gasteiger partial charge in [-0.3, -0.25) is 0 Å². The molecule has 90 valence electrons. The molecule has 0 radical (unpaired) electrons. The number of hydrogen-bond donors (Lipinski definition) is 1. The Balaban J connectivity index is 2.01. The monoisotopic (exact) mass is 227 g/mol. The number of ether oxygens (including phenoxy) is 2. The summed E-state index contributed by atoms with van der Waals surface area (Å²) in [7, 11) is 1.59. The molecule has 1 saturated heterocycles. The van der Waals surface area contributed by atoms with Gasteiger partial charge in [0.15, 0.2) is 5.82 Å². The van der Waals surface area contributed by atoms with Crippen molar-refractivity contribution in [1.29, 1.82) is 0 Å². The van der Waals surface area contributed by atoms with E-state index in [9.17, 15) is 0 Å². The van der Waals surface area contributed by atoms with Crippen molar-refractivity contribution in [2.24, 2.45) is 5.73 Å². The van der Waals surface area contributed by atoms with Crippen LogP contribution in [0.5, 0.6) is 0 Å². The quantitative estimate of drug-likeness (QED) is 0.824. The van der Waals surface area contributed by atoms with Gasteiger partial charge in [0.1, 0.15) is 6.10 Å². The van der Waals surface area contributed by atoms with Gasteiger partial charge in [-0.1, -0.05) is 5.16 Å². The highest BCUT2D eigenvalue weighted by atomic mass is 16.5. The van der Waals surface area contributed by atoms with Gasteiger partial charge in [0.05, 0.1) is 18.8 Å². The molecule has 0 bridgehead atoms. The molecule has 1 aromatic heterocycles. The Bertz CT molecular complexity index is 342. The predicted octanol–water partition coefficient (Wildman–Crippen LogP) is 0.956. The van der Waals surface area contributed by atoms with Crippen LogP contribution < -0.4 is 5.73 Å². The zero-order valence-corrected chi connectivity index (χ0v) is 9.55. The molecule has 6 heteroatoms. The Kier molecular flexibility index (Phi) is 3.52. The highest BCUT2D eigenvalue weighted by Crippen LogP contribution is 2.31. The van der Waals surface area contributed by atoms with Crippen LogP contribution in [-0.2, 0) is 9.47 Å². The van der Waals surface area contributed by atoms with Crippen LogP contribution in [0.3, 0.4) is 0 Å². The number of aromatic nitrogens is 2. The van der Waals surface area contributed by atoms with Gasteiger partial charge in [0.2, 0.25) is 0 Å². The van der Waals surface area contributed by atoms with E-state index in [0.29, 0.717) is 18.3 Å². The second-order valence-electron chi connectivity index (χ2n) is 4.07. The standard InChI is InChI=1S/C10H17N3O3/c1-6-3-4-8(15-6)10-12-9(13-16-10)7(11)5-14-2/h6-8H,3-5,11H2,1-2H3. The third-order valence-electron chi connectivity index (χ3n) is 2.64. The third-order valence-corrected chi connectivity index (χ3v) is 2.64. The molecular weight excluding hydrogens is 210 g/mol. The topological polar surface area (TPSA) is 83.4 Å². The molecule has 1 aliphatic heterocycles. The Morgan fingerprint density at radius 2 is 2.38 bits per heavy atom. The number of methoxy groups -OCH3 is 1. The predicted molar refractivity (Wildman–Crippen MR) is 55.6 cm³/mol. The number of rotatable bonds is 4. The lowest BCUT2D eigenvalue weighted by Gasteiger charge is -2.05. The summed E-state index contributed by atoms with van der Waals surface area (Å²) < 4.78 is 15.7. The molecule has 0 aliphatic carbocycles. The summed E-state index contributed by atoms with van der Waals surface area (Å²) in [5, 5.41) is 3.83. The molecule has 1 fully saturated rings. The Hall–Kier alpha value is -0.980. The number of nitrogens with two attached hydrogens (primary N) is 1. The summed E-state index contributed by atoms with van der Waals surface area (Å²) >= 11 is 0. The normalized spacial score (nSPS) is 27.2. The fraction of sp³-hybridized carbons (Fsp3) is 0.800. The van der Waals surface area contributed by atoms with Crippen LogP contribution in [0.2, 0.25) is 0 Å². The molecule has 2 rings (SSSR count). The zero-order valence-electron chi connectivity index (χ0n) is 9.55. The Morgan fingerprint density at radius 1 is 1.56 bits per heavy atom. The highest BCUT2D eigenvalue weighted by molar-refractivity contribution is 4.96. The smallest absolute Gasteiger partial charge is 0.255 e. The molecule has 6 nitrogen and oxygen atoms in total. The summed E-state index contributed by atoms with van der Waals surface area (Å²) in [5.74, 6) is 0.992. The van der Waals surface area contributed by atoms with E-state index in [-0.39, 0.29) is 18.2 Å². The van der Waals surface area contributed by atoms with Gasteiger partial charge in [-0.25, -0.2) is 0 Å². The molecule has 0 amide bonds. The summed E-state index contributed by atoms with van der Waals surface area (Å²) in [6.07, 6.45) is 2.12. The van der Waals surface area contributed by atoms with Crippen molar-refractivity contribution in [3.8, 4) is 0 Å². The molecule has 3 atom stereocenters. The number of nitrogens with zero attached hydrogens (tertiary/aromatic N) is 2. The van der Waals surface area contributed by atoms with Crippen molar-refractivity contribution >= 4 is 0 Å². The second-order valence-corrected chi connectivity index (χ2v) is 4.07. The van der Waals surface area contributed by atoms with Crippen molar-refractivity contribution in [3.63, 3.8) is 0 Å². The summed E-state index contributed by atoms with van der Waals surface area (Å²) in [4.78, 5) is 4.24. The minimum absolute atomic E-state index is 0.0778. The molecule has 1 aliphatic rings. The van der Waals surface area contributed by atoms with Crippen LogP contribution in [0.25, 0.3) is 0 Å². The van der Waals surface area contributed by atoms with E-state index < -0.39 is 0 Å². The summed E-state index contributed by atoms with van der Waals surface area (Å²) in [6.45, 7) is 2.41. The van der Waals surface area contributed by atoms with Gasteiger partial charge in [0, 0.05) is 7.11 Å². The maximum Gasteiger partial charge on any atom is 0.255 e. The fourth-order valence-electron chi connectivity index (χ4n) is 1.77. The van der Waals surface area contributed by atoms with Crippen molar-refractivity contribution in [3.05, 3.63) is 11.7 Å². The number of hydrogen-bond acceptors (Lipinski definition) is 6. The van der Waals surface area contributed by atoms with Gasteiger partial charge in [-0.2, -0.15) is 4.98 Å². The van der Waals surface area contributed by atoms with Gasteiger partial charge in [0.25, 0.3) is 5.89 Å². The lowest BCUT2D eigenvalue weighted by atomic mass is 10.2. The van der Waals surface area contributed by atoms with Crippen LogP contribution in [0, 0.1) is 0 Å². The van der Waals surface area contributed by atoms with Gasteiger partial charge >= 0.3 is 0 Å².